The number of aldehydes is 1. The van der Waals surface area contributed by atoms with Crippen molar-refractivity contribution in [3.05, 3.63) is 17.9 Å². The molecule has 7 heteroatoms. The predicted octanol–water partition coefficient (Wildman–Crippen LogP) is 1.37. The van der Waals surface area contributed by atoms with Crippen LogP contribution in [0.2, 0.25) is 0 Å². The van der Waals surface area contributed by atoms with Gasteiger partial charge in [0.05, 0.1) is 0 Å². The zero-order chi connectivity index (χ0) is 12.9. The molecule has 1 heterocycles. The molecule has 0 amide bonds. The lowest BCUT2D eigenvalue weighted by molar-refractivity contribution is 0.109. The molecule has 1 N–H and O–H groups in total. The molecule has 0 saturated carbocycles. The summed E-state index contributed by atoms with van der Waals surface area (Å²) in [6.07, 6.45) is 2.43. The molecule has 1 aromatic rings. The summed E-state index contributed by atoms with van der Waals surface area (Å²) in [5.41, 5.74) is 0. The Bertz CT molecular complexity index is 466. The van der Waals surface area contributed by atoms with Gasteiger partial charge in [-0.3, -0.25) is 4.79 Å². The quantitative estimate of drug-likeness (QED) is 0.762. The van der Waals surface area contributed by atoms with Crippen molar-refractivity contribution in [3.8, 4) is 0 Å². The molecule has 0 spiro atoms. The Kier molecular flexibility index (Phi) is 5.23. The average Bonchev–Trinajstić information content (AvgIpc) is 2.76. The molecule has 0 aliphatic carbocycles. The summed E-state index contributed by atoms with van der Waals surface area (Å²) in [6.45, 7) is 2.30. The SMILES string of the molecule is CSCC(C)CNS(=O)(=O)c1ccc(C=O)o1. The number of rotatable bonds is 7. The minimum Gasteiger partial charge on any atom is -0.440 e. The predicted molar refractivity (Wildman–Crippen MR) is 66.8 cm³/mol. The van der Waals surface area contributed by atoms with Gasteiger partial charge in [0.25, 0.3) is 10.0 Å². The van der Waals surface area contributed by atoms with Crippen molar-refractivity contribution in [2.45, 2.75) is 12.0 Å². The summed E-state index contributed by atoms with van der Waals surface area (Å²) in [7, 11) is -3.65. The maximum absolute atomic E-state index is 11.7. The summed E-state index contributed by atoms with van der Waals surface area (Å²) in [5.74, 6) is 1.11. The highest BCUT2D eigenvalue weighted by Crippen LogP contribution is 2.13. The van der Waals surface area contributed by atoms with Gasteiger partial charge in [-0.15, -0.1) is 0 Å². The van der Waals surface area contributed by atoms with Crippen molar-refractivity contribution in [2.75, 3.05) is 18.6 Å². The van der Waals surface area contributed by atoms with E-state index in [1.807, 2.05) is 13.2 Å². The second kappa shape index (κ2) is 6.23. The molecule has 1 atom stereocenters. The fourth-order valence-corrected chi connectivity index (χ4v) is 2.99. The molecular formula is C10H15NO4S2. The number of sulfonamides is 1. The zero-order valence-corrected chi connectivity index (χ0v) is 11.3. The van der Waals surface area contributed by atoms with Crippen molar-refractivity contribution in [1.82, 2.24) is 4.72 Å². The Balaban J connectivity index is 2.65. The standard InChI is InChI=1S/C10H15NO4S2/c1-8(7-16-2)5-11-17(13,14)10-4-3-9(6-12)15-10/h3-4,6,8,11H,5,7H2,1-2H3. The number of carbonyl (C=O) groups is 1. The van der Waals surface area contributed by atoms with E-state index in [-0.39, 0.29) is 16.8 Å². The van der Waals surface area contributed by atoms with Crippen molar-refractivity contribution in [3.63, 3.8) is 0 Å². The van der Waals surface area contributed by atoms with E-state index in [2.05, 4.69) is 4.72 Å². The number of hydrogen-bond acceptors (Lipinski definition) is 5. The van der Waals surface area contributed by atoms with E-state index in [0.717, 1.165) is 5.75 Å². The molecule has 17 heavy (non-hydrogen) atoms. The van der Waals surface area contributed by atoms with Gasteiger partial charge in [0.2, 0.25) is 5.09 Å². The molecule has 0 radical (unpaired) electrons. The van der Waals surface area contributed by atoms with E-state index in [0.29, 0.717) is 12.8 Å². The van der Waals surface area contributed by atoms with Gasteiger partial charge >= 0.3 is 0 Å². The average molecular weight is 277 g/mol. The summed E-state index contributed by atoms with van der Waals surface area (Å²) in [4.78, 5) is 10.4. The number of thioether (sulfide) groups is 1. The molecule has 0 aliphatic rings. The van der Waals surface area contributed by atoms with Crippen LogP contribution in [-0.2, 0) is 10.0 Å². The van der Waals surface area contributed by atoms with Crippen LogP contribution < -0.4 is 4.72 Å². The lowest BCUT2D eigenvalue weighted by Gasteiger charge is -2.10. The van der Waals surface area contributed by atoms with Crippen LogP contribution in [0.25, 0.3) is 0 Å². The first kappa shape index (κ1) is 14.3. The monoisotopic (exact) mass is 277 g/mol. The van der Waals surface area contributed by atoms with E-state index < -0.39 is 10.0 Å². The lowest BCUT2D eigenvalue weighted by Crippen LogP contribution is -2.29. The Labute approximate surface area is 105 Å². The highest BCUT2D eigenvalue weighted by molar-refractivity contribution is 7.98. The van der Waals surface area contributed by atoms with Gasteiger partial charge in [0, 0.05) is 6.54 Å². The van der Waals surface area contributed by atoms with Gasteiger partial charge in [-0.2, -0.15) is 11.8 Å². The first-order valence-electron chi connectivity index (χ1n) is 5.03. The molecule has 5 nitrogen and oxygen atoms in total. The van der Waals surface area contributed by atoms with E-state index in [1.54, 1.807) is 11.8 Å². The molecule has 0 saturated heterocycles. The first-order chi connectivity index (χ1) is 7.99. The number of nitrogens with one attached hydrogen (secondary N) is 1. The second-order valence-electron chi connectivity index (χ2n) is 3.69. The summed E-state index contributed by atoms with van der Waals surface area (Å²) in [5, 5.41) is -0.226. The third kappa shape index (κ3) is 4.18. The third-order valence-corrected chi connectivity index (χ3v) is 4.25. The Morgan fingerprint density at radius 2 is 2.24 bits per heavy atom. The van der Waals surface area contributed by atoms with Crippen LogP contribution in [0.15, 0.2) is 21.6 Å². The van der Waals surface area contributed by atoms with Gasteiger partial charge in [0.1, 0.15) is 0 Å². The smallest absolute Gasteiger partial charge is 0.273 e. The van der Waals surface area contributed by atoms with E-state index in [9.17, 15) is 13.2 Å². The van der Waals surface area contributed by atoms with E-state index in [1.165, 1.54) is 12.1 Å². The summed E-state index contributed by atoms with van der Waals surface area (Å²) < 4.78 is 30.8. The largest absolute Gasteiger partial charge is 0.440 e. The van der Waals surface area contributed by atoms with Crippen molar-refractivity contribution < 1.29 is 17.6 Å². The van der Waals surface area contributed by atoms with Crippen LogP contribution in [0.5, 0.6) is 0 Å². The number of carbonyl (C=O) groups excluding carboxylic acids is 1. The highest BCUT2D eigenvalue weighted by Gasteiger charge is 2.19. The summed E-state index contributed by atoms with van der Waals surface area (Å²) in [6, 6.07) is 2.60. The number of furan rings is 1. The molecule has 1 rings (SSSR count). The molecule has 1 aromatic heterocycles. The van der Waals surface area contributed by atoms with Gasteiger partial charge in [-0.05, 0) is 30.1 Å². The maximum Gasteiger partial charge on any atom is 0.273 e. The van der Waals surface area contributed by atoms with Gasteiger partial charge < -0.3 is 4.42 Å². The molecule has 0 bridgehead atoms. The van der Waals surface area contributed by atoms with Crippen LogP contribution >= 0.6 is 11.8 Å². The first-order valence-corrected chi connectivity index (χ1v) is 7.91. The van der Waals surface area contributed by atoms with Crippen molar-refractivity contribution in [1.29, 1.82) is 0 Å². The van der Waals surface area contributed by atoms with Crippen LogP contribution in [0.4, 0.5) is 0 Å². The van der Waals surface area contributed by atoms with E-state index >= 15 is 0 Å². The van der Waals surface area contributed by atoms with Gasteiger partial charge in [-0.1, -0.05) is 6.92 Å². The fraction of sp³-hybridized carbons (Fsp3) is 0.500. The third-order valence-electron chi connectivity index (χ3n) is 2.06. The Morgan fingerprint density at radius 1 is 1.53 bits per heavy atom. The van der Waals surface area contributed by atoms with Crippen LogP contribution in [-0.4, -0.2) is 33.3 Å². The molecular weight excluding hydrogens is 262 g/mol. The molecule has 0 aliphatic heterocycles. The van der Waals surface area contributed by atoms with Crippen LogP contribution in [0.1, 0.15) is 17.5 Å². The summed E-state index contributed by atoms with van der Waals surface area (Å²) >= 11 is 1.66. The highest BCUT2D eigenvalue weighted by atomic mass is 32.2. The van der Waals surface area contributed by atoms with Gasteiger partial charge in [-0.25, -0.2) is 13.1 Å². The normalized spacial score (nSPS) is 13.5. The fourth-order valence-electron chi connectivity index (χ4n) is 1.21. The topological polar surface area (TPSA) is 76.4 Å². The minimum absolute atomic E-state index is 0.00235. The van der Waals surface area contributed by atoms with Gasteiger partial charge in [0.15, 0.2) is 12.0 Å². The zero-order valence-electron chi connectivity index (χ0n) is 9.67. The lowest BCUT2D eigenvalue weighted by atomic mass is 10.2. The maximum atomic E-state index is 11.7. The Morgan fingerprint density at radius 3 is 2.76 bits per heavy atom. The molecule has 1 unspecified atom stereocenters. The Hall–Kier alpha value is -0.790. The molecule has 0 fully saturated rings. The van der Waals surface area contributed by atoms with E-state index in [4.69, 9.17) is 4.42 Å². The second-order valence-corrected chi connectivity index (χ2v) is 6.30. The van der Waals surface area contributed by atoms with Crippen molar-refractivity contribution >= 4 is 28.1 Å². The molecule has 96 valence electrons. The van der Waals surface area contributed by atoms with Crippen LogP contribution in [0.3, 0.4) is 0 Å². The number of hydrogen-bond donors (Lipinski definition) is 1. The van der Waals surface area contributed by atoms with Crippen LogP contribution in [0, 0.1) is 5.92 Å². The minimum atomic E-state index is -3.65. The van der Waals surface area contributed by atoms with Crippen molar-refractivity contribution in [2.24, 2.45) is 5.92 Å². The molecule has 0 aromatic carbocycles.